The highest BCUT2D eigenvalue weighted by Gasteiger charge is 2.54. The molecule has 3 saturated heterocycles. The molecular formula is C22H37NO17. The van der Waals surface area contributed by atoms with E-state index in [1.807, 2.05) is 0 Å². The van der Waals surface area contributed by atoms with Gasteiger partial charge in [0.2, 0.25) is 5.91 Å². The Morgan fingerprint density at radius 3 is 1.93 bits per heavy atom. The molecule has 3 aliphatic rings. The summed E-state index contributed by atoms with van der Waals surface area (Å²) < 4.78 is 33.0. The number of carboxylic acids is 1. The number of aliphatic carboxylic acids is 1. The Morgan fingerprint density at radius 1 is 0.750 bits per heavy atom. The van der Waals surface area contributed by atoms with Crippen LogP contribution in [0.2, 0.25) is 0 Å². The molecule has 18 heteroatoms. The summed E-state index contributed by atoms with van der Waals surface area (Å²) in [6.45, 7) is -0.0694. The van der Waals surface area contributed by atoms with Crippen molar-refractivity contribution in [2.24, 2.45) is 0 Å². The van der Waals surface area contributed by atoms with Gasteiger partial charge in [-0.05, 0) is 6.92 Å². The second-order valence-electron chi connectivity index (χ2n) is 9.73. The largest absolute Gasteiger partial charge is 0.480 e. The number of carbonyl (C=O) groups is 2. The van der Waals surface area contributed by atoms with E-state index in [-0.39, 0.29) is 0 Å². The van der Waals surface area contributed by atoms with Crippen molar-refractivity contribution < 1.29 is 84.0 Å². The lowest BCUT2D eigenvalue weighted by Crippen LogP contribution is -2.69. The Kier molecular flexibility index (Phi) is 11.5. The molecule has 0 aromatic rings. The van der Waals surface area contributed by atoms with Gasteiger partial charge in [-0.3, -0.25) is 4.79 Å². The van der Waals surface area contributed by atoms with Crippen molar-refractivity contribution in [3.8, 4) is 0 Å². The molecule has 0 spiro atoms. The summed E-state index contributed by atoms with van der Waals surface area (Å²) in [4.78, 5) is 22.9. The maximum atomic E-state index is 11.9. The first-order valence-electron chi connectivity index (χ1n) is 12.5. The van der Waals surface area contributed by atoms with E-state index in [0.717, 1.165) is 6.92 Å². The van der Waals surface area contributed by atoms with Gasteiger partial charge in [0.15, 0.2) is 18.9 Å². The highest BCUT2D eigenvalue weighted by molar-refractivity contribution is 5.73. The first kappa shape index (κ1) is 32.9. The van der Waals surface area contributed by atoms with Crippen LogP contribution in [-0.2, 0) is 38.0 Å². The lowest BCUT2D eigenvalue weighted by molar-refractivity contribution is -0.371. The molecule has 10 N–H and O–H groups in total. The third-order valence-corrected chi connectivity index (χ3v) is 6.83. The molecule has 0 radical (unpaired) electrons. The van der Waals surface area contributed by atoms with Crippen molar-refractivity contribution in [1.29, 1.82) is 0 Å². The normalized spacial score (nSPS) is 46.1. The lowest BCUT2D eigenvalue weighted by atomic mass is 9.94. The van der Waals surface area contributed by atoms with E-state index >= 15 is 0 Å². The van der Waals surface area contributed by atoms with Crippen LogP contribution in [0.3, 0.4) is 0 Å². The predicted octanol–water partition coefficient (Wildman–Crippen LogP) is -6.29. The first-order chi connectivity index (χ1) is 18.8. The summed E-state index contributed by atoms with van der Waals surface area (Å²) in [5, 5.41) is 93.5. The van der Waals surface area contributed by atoms with E-state index in [9.17, 15) is 50.4 Å². The smallest absolute Gasteiger partial charge is 0.329 e. The van der Waals surface area contributed by atoms with Crippen LogP contribution in [0.4, 0.5) is 0 Å². The van der Waals surface area contributed by atoms with Crippen molar-refractivity contribution in [2.45, 2.75) is 106 Å². The van der Waals surface area contributed by atoms with Gasteiger partial charge in [-0.25, -0.2) is 4.79 Å². The van der Waals surface area contributed by atoms with Crippen LogP contribution in [0.15, 0.2) is 0 Å². The van der Waals surface area contributed by atoms with E-state index in [2.05, 4.69) is 5.32 Å². The molecular weight excluding hydrogens is 550 g/mol. The summed E-state index contributed by atoms with van der Waals surface area (Å²) in [6.07, 6.45) is -22.5. The minimum atomic E-state index is -1.88. The summed E-state index contributed by atoms with van der Waals surface area (Å²) >= 11 is 0. The summed E-state index contributed by atoms with van der Waals surface area (Å²) in [7, 11) is 0. The number of hydrogen-bond donors (Lipinski definition) is 10. The molecule has 18 nitrogen and oxygen atoms in total. The fourth-order valence-corrected chi connectivity index (χ4v) is 4.75. The SMILES string of the molecule is CC(=O)NC1C(O[C@@H]2OC(C)[C@@H](O)C(O)C2O)[C@H](O[C@@H]2OC(CO)[C@H](O)C(OCC(=O)O)C2O)C(CO)O[C@H]1O. The molecule has 232 valence electrons. The highest BCUT2D eigenvalue weighted by atomic mass is 16.8. The number of nitrogens with one attached hydrogen (secondary N) is 1. The third-order valence-electron chi connectivity index (χ3n) is 6.83. The van der Waals surface area contributed by atoms with Gasteiger partial charge >= 0.3 is 5.97 Å². The Labute approximate surface area is 227 Å². The van der Waals surface area contributed by atoms with Crippen LogP contribution in [0.1, 0.15) is 13.8 Å². The fourth-order valence-electron chi connectivity index (χ4n) is 4.75. The molecule has 0 saturated carbocycles. The molecule has 0 bridgehead atoms. The zero-order valence-electron chi connectivity index (χ0n) is 21.6. The number of aliphatic hydroxyl groups excluding tert-OH is 8. The molecule has 0 aromatic heterocycles. The van der Waals surface area contributed by atoms with E-state index in [1.165, 1.54) is 6.92 Å². The molecule has 0 aliphatic carbocycles. The Hall–Kier alpha value is -1.62. The molecule has 3 heterocycles. The number of rotatable bonds is 10. The average molecular weight is 588 g/mol. The Morgan fingerprint density at radius 2 is 1.35 bits per heavy atom. The van der Waals surface area contributed by atoms with E-state index < -0.39 is 124 Å². The molecule has 3 fully saturated rings. The minimum Gasteiger partial charge on any atom is -0.480 e. The maximum Gasteiger partial charge on any atom is 0.329 e. The van der Waals surface area contributed by atoms with E-state index in [4.69, 9.17) is 33.5 Å². The average Bonchev–Trinajstić information content (AvgIpc) is 2.89. The third kappa shape index (κ3) is 7.23. The summed E-state index contributed by atoms with van der Waals surface area (Å²) in [5.41, 5.74) is 0. The van der Waals surface area contributed by atoms with Crippen LogP contribution in [0.5, 0.6) is 0 Å². The maximum absolute atomic E-state index is 11.9. The van der Waals surface area contributed by atoms with Crippen LogP contribution in [0.25, 0.3) is 0 Å². The van der Waals surface area contributed by atoms with Crippen molar-refractivity contribution in [3.05, 3.63) is 0 Å². The molecule has 1 amide bonds. The highest BCUT2D eigenvalue weighted by Crippen LogP contribution is 2.33. The number of ether oxygens (including phenoxy) is 6. The topological polar surface area (TPSA) is 284 Å². The van der Waals surface area contributed by atoms with Crippen LogP contribution < -0.4 is 5.32 Å². The minimum absolute atomic E-state index is 0.670. The van der Waals surface area contributed by atoms with Gasteiger partial charge in [0.25, 0.3) is 0 Å². The van der Waals surface area contributed by atoms with E-state index in [1.54, 1.807) is 0 Å². The second-order valence-corrected chi connectivity index (χ2v) is 9.73. The zero-order chi connectivity index (χ0) is 29.9. The van der Waals surface area contributed by atoms with Gasteiger partial charge < -0.3 is 79.7 Å². The number of aliphatic hydroxyl groups is 8. The lowest BCUT2D eigenvalue weighted by Gasteiger charge is -2.49. The van der Waals surface area contributed by atoms with Crippen molar-refractivity contribution in [3.63, 3.8) is 0 Å². The zero-order valence-corrected chi connectivity index (χ0v) is 21.6. The van der Waals surface area contributed by atoms with Gasteiger partial charge in [0.1, 0.15) is 73.7 Å². The molecule has 40 heavy (non-hydrogen) atoms. The molecule has 3 rings (SSSR count). The number of carbonyl (C=O) groups excluding carboxylic acids is 1. The van der Waals surface area contributed by atoms with Gasteiger partial charge in [0.05, 0.1) is 19.3 Å². The first-order valence-corrected chi connectivity index (χ1v) is 12.5. The quantitative estimate of drug-likeness (QED) is 0.114. The Balaban J connectivity index is 1.93. The van der Waals surface area contributed by atoms with Crippen molar-refractivity contribution in [1.82, 2.24) is 5.32 Å². The molecule has 0 aromatic carbocycles. The van der Waals surface area contributed by atoms with Crippen molar-refractivity contribution >= 4 is 11.9 Å². The summed E-state index contributed by atoms with van der Waals surface area (Å²) in [6, 6.07) is -1.46. The van der Waals surface area contributed by atoms with Crippen LogP contribution in [-0.4, -0.2) is 170 Å². The number of amides is 1. The Bertz CT molecular complexity index is 850. The predicted molar refractivity (Wildman–Crippen MR) is 123 cm³/mol. The van der Waals surface area contributed by atoms with Gasteiger partial charge in [-0.15, -0.1) is 0 Å². The fraction of sp³-hybridized carbons (Fsp3) is 0.909. The van der Waals surface area contributed by atoms with Crippen LogP contribution >= 0.6 is 0 Å². The molecule has 3 aliphatic heterocycles. The standard InChI is InChI=1S/C22H37NO17/c1-6-12(29)14(31)15(32)21(36-6)40-18-11(23-7(2)26)20(34)37-9(4-25)17(18)39-22-16(33)19(35-5-10(27)28)13(30)8(3-24)38-22/h6,8-9,11-22,24-25,29-34H,3-5H2,1-2H3,(H,23,26)(H,27,28)/t6?,8?,9?,11?,12-,13+,14?,15?,16?,17-,18?,19?,20-,21+,22+/m1/s1. The van der Waals surface area contributed by atoms with Gasteiger partial charge in [-0.2, -0.15) is 0 Å². The van der Waals surface area contributed by atoms with Gasteiger partial charge in [-0.1, -0.05) is 0 Å². The molecule has 9 unspecified atom stereocenters. The number of carboxylic acid groups (broad SMARTS) is 1. The second kappa shape index (κ2) is 14.0. The monoisotopic (exact) mass is 587 g/mol. The van der Waals surface area contributed by atoms with Gasteiger partial charge in [0, 0.05) is 6.92 Å². The van der Waals surface area contributed by atoms with E-state index in [0.29, 0.717) is 0 Å². The molecule has 15 atom stereocenters. The van der Waals surface area contributed by atoms with Crippen molar-refractivity contribution in [2.75, 3.05) is 19.8 Å². The summed E-state index contributed by atoms with van der Waals surface area (Å²) in [5.74, 6) is -2.09. The number of hydrogen-bond acceptors (Lipinski definition) is 16. The van der Waals surface area contributed by atoms with Crippen LogP contribution in [0, 0.1) is 0 Å².